The lowest BCUT2D eigenvalue weighted by Crippen LogP contribution is -2.58. The number of aromatic nitrogens is 2. The number of morpholine rings is 1. The summed E-state index contributed by atoms with van der Waals surface area (Å²) in [6, 6.07) is 12.3. The molecule has 1 atom stereocenters. The molecule has 0 aliphatic carbocycles. The van der Waals surface area contributed by atoms with E-state index in [-0.39, 0.29) is 22.8 Å². The molecular formula is C35H42ClN5O5S. The van der Waals surface area contributed by atoms with Crippen molar-refractivity contribution in [1.29, 1.82) is 0 Å². The Morgan fingerprint density at radius 2 is 1.94 bits per heavy atom. The number of aliphatic hydroxyl groups excluding tert-OH is 1. The molecule has 4 aromatic rings. The fourth-order valence-corrected chi connectivity index (χ4v) is 7.65. The molecule has 2 aromatic heterocycles. The number of halogens is 1. The Balaban J connectivity index is 0.995. The first-order valence-electron chi connectivity index (χ1n) is 16.2. The number of aromatic amines is 1. The quantitative estimate of drug-likeness (QED) is 0.175. The van der Waals surface area contributed by atoms with Gasteiger partial charge in [-0.15, -0.1) is 11.3 Å². The van der Waals surface area contributed by atoms with E-state index in [1.165, 1.54) is 12.1 Å². The third kappa shape index (κ3) is 7.56. The number of hydrogen-bond donors (Lipinski definition) is 4. The third-order valence-electron chi connectivity index (χ3n) is 9.27. The van der Waals surface area contributed by atoms with Gasteiger partial charge in [0.15, 0.2) is 0 Å². The van der Waals surface area contributed by atoms with Crippen LogP contribution < -0.4 is 10.9 Å². The van der Waals surface area contributed by atoms with E-state index < -0.39 is 6.10 Å². The van der Waals surface area contributed by atoms with Gasteiger partial charge in [0.05, 0.1) is 35.4 Å². The van der Waals surface area contributed by atoms with E-state index in [1.807, 2.05) is 22.4 Å². The third-order valence-corrected chi connectivity index (χ3v) is 10.9. The number of piperidine rings is 1. The number of nitrogens with zero attached hydrogens (tertiary/aromatic N) is 3. The molecule has 2 aliphatic heterocycles. The zero-order valence-corrected chi connectivity index (χ0v) is 28.4. The van der Waals surface area contributed by atoms with E-state index in [2.05, 4.69) is 40.1 Å². The number of hydrogen-bond acceptors (Lipinski definition) is 9. The summed E-state index contributed by atoms with van der Waals surface area (Å²) in [6.45, 7) is 9.28. The van der Waals surface area contributed by atoms with Crippen molar-refractivity contribution < 1.29 is 19.7 Å². The van der Waals surface area contributed by atoms with Gasteiger partial charge in [-0.2, -0.15) is 0 Å². The van der Waals surface area contributed by atoms with Crippen LogP contribution in [0, 0.1) is 0 Å². The molecule has 0 saturated carbocycles. The zero-order chi connectivity index (χ0) is 33.1. The number of nitrogens with one attached hydrogen (secondary N) is 2. The molecule has 4 N–H and O–H groups in total. The lowest BCUT2D eigenvalue weighted by atomic mass is 9.89. The summed E-state index contributed by atoms with van der Waals surface area (Å²) in [4.78, 5) is 36.5. The normalized spacial score (nSPS) is 17.5. The smallest absolute Gasteiger partial charge is 0.273 e. The lowest BCUT2D eigenvalue weighted by molar-refractivity contribution is -0.128. The number of ether oxygens (including phenoxy) is 1. The summed E-state index contributed by atoms with van der Waals surface area (Å²) >= 11 is 8.45. The Morgan fingerprint density at radius 1 is 1.15 bits per heavy atom. The van der Waals surface area contributed by atoms with Crippen molar-refractivity contribution in [3.05, 3.63) is 90.6 Å². The highest BCUT2D eigenvalue weighted by atomic mass is 35.5. The summed E-state index contributed by atoms with van der Waals surface area (Å²) in [5, 5.41) is 28.5. The number of carbonyl (C=O) groups is 1. The van der Waals surface area contributed by atoms with Crippen LogP contribution in [-0.4, -0.2) is 87.4 Å². The van der Waals surface area contributed by atoms with Crippen LogP contribution in [0.5, 0.6) is 5.75 Å². The van der Waals surface area contributed by atoms with Gasteiger partial charge in [-0.25, -0.2) is 4.98 Å². The molecule has 1 amide bonds. The summed E-state index contributed by atoms with van der Waals surface area (Å²) in [5.41, 5.74) is 2.96. The van der Waals surface area contributed by atoms with E-state index in [1.54, 1.807) is 23.5 Å². The van der Waals surface area contributed by atoms with Crippen molar-refractivity contribution in [3.63, 3.8) is 0 Å². The lowest BCUT2D eigenvalue weighted by Gasteiger charge is -2.47. The maximum absolute atomic E-state index is 13.3. The van der Waals surface area contributed by atoms with Crippen molar-refractivity contribution >= 4 is 39.7 Å². The second-order valence-electron chi connectivity index (χ2n) is 12.9. The number of amides is 1. The fourth-order valence-electron chi connectivity index (χ4n) is 6.56. The van der Waals surface area contributed by atoms with Crippen LogP contribution in [0.1, 0.15) is 70.9 Å². The molecule has 2 aliphatic rings. The van der Waals surface area contributed by atoms with E-state index in [9.17, 15) is 19.8 Å². The Hall–Kier alpha value is -3.32. The van der Waals surface area contributed by atoms with Gasteiger partial charge in [0.2, 0.25) is 5.56 Å². The Kier molecular flexibility index (Phi) is 10.3. The van der Waals surface area contributed by atoms with E-state index in [4.69, 9.17) is 16.3 Å². The molecule has 1 spiro atoms. The van der Waals surface area contributed by atoms with Gasteiger partial charge in [0, 0.05) is 60.5 Å². The molecule has 0 unspecified atom stereocenters. The highest BCUT2D eigenvalue weighted by molar-refractivity contribution is 7.09. The standard InChI is InChI=1S/C35H42ClN5O5S/c1-22(2)33-38-27(20-47-33)34(45)41-16-17-46-35(21-41)11-14-40(15-12-35)19-24-5-3-4-23(31(24)36)10-13-37-18-29(43)25-6-8-28(42)32-26(25)7-9-30(44)39-32/h3-9,20,22,29,37,42-43H,10-19,21H2,1-2H3,(H,39,44)/t29-/m0/s1. The minimum absolute atomic E-state index is 0.00253. The topological polar surface area (TPSA) is 131 Å². The van der Waals surface area contributed by atoms with Crippen molar-refractivity contribution in [2.45, 2.75) is 57.3 Å². The van der Waals surface area contributed by atoms with Crippen molar-refractivity contribution in [2.75, 3.05) is 45.9 Å². The first kappa shape index (κ1) is 33.6. The van der Waals surface area contributed by atoms with Gasteiger partial charge >= 0.3 is 0 Å². The second-order valence-corrected chi connectivity index (χ2v) is 14.2. The molecule has 2 fully saturated rings. The van der Waals surface area contributed by atoms with Crippen molar-refractivity contribution in [3.8, 4) is 5.75 Å². The Bertz CT molecular complexity index is 1780. The number of thiazole rings is 1. The molecule has 2 saturated heterocycles. The molecule has 10 nitrogen and oxygen atoms in total. The number of aromatic hydroxyl groups is 1. The Morgan fingerprint density at radius 3 is 2.70 bits per heavy atom. The van der Waals surface area contributed by atoms with Gasteiger partial charge < -0.3 is 30.2 Å². The average molecular weight is 680 g/mol. The van der Waals surface area contributed by atoms with E-state index >= 15 is 0 Å². The predicted octanol–water partition coefficient (Wildman–Crippen LogP) is 4.84. The van der Waals surface area contributed by atoms with Gasteiger partial charge in [-0.1, -0.05) is 49.7 Å². The number of aliphatic hydroxyl groups is 1. The second kappa shape index (κ2) is 14.4. The number of benzene rings is 2. The number of likely N-dealkylation sites (tertiary alicyclic amines) is 1. The van der Waals surface area contributed by atoms with Gasteiger partial charge in [-0.3, -0.25) is 14.5 Å². The predicted molar refractivity (Wildman–Crippen MR) is 185 cm³/mol. The molecule has 2 aromatic carbocycles. The number of H-pyrrole nitrogens is 1. The van der Waals surface area contributed by atoms with Crippen LogP contribution in [0.3, 0.4) is 0 Å². The van der Waals surface area contributed by atoms with Gasteiger partial charge in [0.25, 0.3) is 5.91 Å². The van der Waals surface area contributed by atoms with Crippen molar-refractivity contribution in [2.24, 2.45) is 0 Å². The van der Waals surface area contributed by atoms with E-state index in [0.29, 0.717) is 67.3 Å². The van der Waals surface area contributed by atoms with Crippen LogP contribution >= 0.6 is 22.9 Å². The molecule has 47 heavy (non-hydrogen) atoms. The Labute approximate surface area is 283 Å². The molecular weight excluding hydrogens is 638 g/mol. The average Bonchev–Trinajstić information content (AvgIpc) is 3.57. The number of fused-ring (bicyclic) bond motifs is 1. The molecule has 250 valence electrons. The first-order valence-corrected chi connectivity index (χ1v) is 17.5. The molecule has 4 heterocycles. The number of phenols is 1. The minimum atomic E-state index is -0.823. The van der Waals surface area contributed by atoms with Crippen LogP contribution in [0.15, 0.2) is 52.6 Å². The van der Waals surface area contributed by atoms with Crippen LogP contribution in [0.4, 0.5) is 0 Å². The summed E-state index contributed by atoms with van der Waals surface area (Å²) < 4.78 is 6.32. The number of phenolic OH excluding ortho intramolecular Hbond substituents is 1. The molecule has 12 heteroatoms. The van der Waals surface area contributed by atoms with Gasteiger partial charge in [0.1, 0.15) is 11.4 Å². The number of rotatable bonds is 10. The highest BCUT2D eigenvalue weighted by Crippen LogP contribution is 2.33. The summed E-state index contributed by atoms with van der Waals surface area (Å²) in [7, 11) is 0. The van der Waals surface area contributed by atoms with Crippen molar-refractivity contribution in [1.82, 2.24) is 25.1 Å². The van der Waals surface area contributed by atoms with Crippen LogP contribution in [0.2, 0.25) is 5.02 Å². The maximum atomic E-state index is 13.3. The van der Waals surface area contributed by atoms with Crippen LogP contribution in [0.25, 0.3) is 10.9 Å². The first-order chi connectivity index (χ1) is 22.6. The molecule has 6 rings (SSSR count). The zero-order valence-electron chi connectivity index (χ0n) is 26.8. The number of pyridine rings is 1. The minimum Gasteiger partial charge on any atom is -0.506 e. The highest BCUT2D eigenvalue weighted by Gasteiger charge is 2.41. The fraction of sp³-hybridized carbons (Fsp3) is 0.457. The maximum Gasteiger partial charge on any atom is 0.273 e. The largest absolute Gasteiger partial charge is 0.506 e. The van der Waals surface area contributed by atoms with Gasteiger partial charge in [-0.05, 0) is 54.6 Å². The monoisotopic (exact) mass is 679 g/mol. The molecule has 0 bridgehead atoms. The SMILES string of the molecule is CC(C)c1nc(C(=O)N2CCOC3(CCN(Cc4cccc(CCNC[C@H](O)c5ccc(O)c6[nH]c(=O)ccc56)c4Cl)CC3)C2)cs1. The van der Waals surface area contributed by atoms with Crippen LogP contribution in [-0.2, 0) is 17.7 Å². The summed E-state index contributed by atoms with van der Waals surface area (Å²) in [6.07, 6.45) is 1.57. The molecule has 0 radical (unpaired) electrons. The summed E-state index contributed by atoms with van der Waals surface area (Å²) in [5.74, 6) is 0.270. The number of carbonyl (C=O) groups excluding carboxylic acids is 1. The van der Waals surface area contributed by atoms with E-state index in [0.717, 1.165) is 53.6 Å².